The van der Waals surface area contributed by atoms with Gasteiger partial charge in [-0.1, -0.05) is 59.7 Å². The fourth-order valence-electron chi connectivity index (χ4n) is 5.77. The van der Waals surface area contributed by atoms with Crippen LogP contribution in [0.15, 0.2) is 36.4 Å². The Morgan fingerprint density at radius 3 is 2.10 bits per heavy atom. The van der Waals surface area contributed by atoms with Crippen molar-refractivity contribution in [1.82, 2.24) is 9.88 Å². The minimum atomic E-state index is -2.64. The number of fused-ring (bicyclic) bond motifs is 3. The number of H-pyrrole nitrogens is 1. The van der Waals surface area contributed by atoms with Gasteiger partial charge in [0.05, 0.1) is 18.5 Å². The van der Waals surface area contributed by atoms with Gasteiger partial charge in [-0.3, -0.25) is 9.69 Å². The van der Waals surface area contributed by atoms with Crippen molar-refractivity contribution in [1.29, 1.82) is 0 Å². The summed E-state index contributed by atoms with van der Waals surface area (Å²) in [7, 11) is 0. The molecule has 4 nitrogen and oxygen atoms in total. The maximum absolute atomic E-state index is 15.6. The predicted molar refractivity (Wildman–Crippen MR) is 154 cm³/mol. The summed E-state index contributed by atoms with van der Waals surface area (Å²) >= 11 is 0. The number of hydrogen-bond acceptors (Lipinski definition) is 2. The van der Waals surface area contributed by atoms with Crippen molar-refractivity contribution in [2.75, 3.05) is 13.1 Å². The van der Waals surface area contributed by atoms with Crippen LogP contribution in [0.1, 0.15) is 102 Å². The topological polar surface area (TPSA) is 56.3 Å². The van der Waals surface area contributed by atoms with E-state index in [-0.39, 0.29) is 18.0 Å². The fourth-order valence-corrected chi connectivity index (χ4v) is 5.77. The molecule has 2 N–H and O–H groups in total. The van der Waals surface area contributed by atoms with Crippen LogP contribution in [0.5, 0.6) is 0 Å². The van der Waals surface area contributed by atoms with E-state index in [9.17, 15) is 18.7 Å². The molecule has 3 aromatic rings. The number of nitrogens with one attached hydrogen (secondary N) is 1. The number of benzene rings is 2. The Bertz CT molecular complexity index is 1200. The predicted octanol–water partition coefficient (Wildman–Crippen LogP) is 9.10. The summed E-state index contributed by atoms with van der Waals surface area (Å²) in [5, 5.41) is 10.1. The number of para-hydroxylation sites is 1. The minimum absolute atomic E-state index is 0.124. The Kier molecular flexibility index (Phi) is 13.2. The van der Waals surface area contributed by atoms with Gasteiger partial charge in [-0.05, 0) is 67.3 Å². The van der Waals surface area contributed by atoms with Gasteiger partial charge in [0.25, 0.3) is 6.43 Å². The first-order valence-electron chi connectivity index (χ1n) is 14.7. The van der Waals surface area contributed by atoms with E-state index in [1.54, 1.807) is 0 Å². The van der Waals surface area contributed by atoms with E-state index >= 15 is 8.78 Å². The van der Waals surface area contributed by atoms with Crippen molar-refractivity contribution < 1.29 is 27.5 Å². The average molecular weight is 565 g/mol. The van der Waals surface area contributed by atoms with E-state index in [0.717, 1.165) is 16.5 Å². The van der Waals surface area contributed by atoms with Crippen LogP contribution in [0.4, 0.5) is 17.6 Å². The van der Waals surface area contributed by atoms with E-state index in [2.05, 4.69) is 4.98 Å². The first kappa shape index (κ1) is 33.3. The Morgan fingerprint density at radius 1 is 0.975 bits per heavy atom. The van der Waals surface area contributed by atoms with Gasteiger partial charge in [-0.15, -0.1) is 0 Å². The summed E-state index contributed by atoms with van der Waals surface area (Å²) in [5.41, 5.74) is 2.54. The maximum Gasteiger partial charge on any atom is 0.306 e. The number of rotatable bonds is 5. The van der Waals surface area contributed by atoms with Crippen LogP contribution in [-0.4, -0.2) is 40.5 Å². The normalized spacial score (nSPS) is 20.3. The van der Waals surface area contributed by atoms with Crippen LogP contribution in [0, 0.1) is 17.6 Å². The number of hydrogen-bond donors (Lipinski definition) is 2. The first-order valence-corrected chi connectivity index (χ1v) is 14.7. The van der Waals surface area contributed by atoms with Crippen LogP contribution in [0.2, 0.25) is 0 Å². The second-order valence-electron chi connectivity index (χ2n) is 9.39. The zero-order valence-corrected chi connectivity index (χ0v) is 24.5. The number of aromatic nitrogens is 1. The molecule has 2 aliphatic rings. The largest absolute Gasteiger partial charge is 0.481 e. The maximum atomic E-state index is 15.6. The van der Waals surface area contributed by atoms with Crippen LogP contribution >= 0.6 is 0 Å². The van der Waals surface area contributed by atoms with Crippen molar-refractivity contribution >= 4 is 16.9 Å². The third-order valence-electron chi connectivity index (χ3n) is 7.43. The zero-order valence-electron chi connectivity index (χ0n) is 24.5. The van der Waals surface area contributed by atoms with E-state index in [4.69, 9.17) is 0 Å². The molecule has 0 amide bonds. The number of alkyl halides is 2. The molecule has 40 heavy (non-hydrogen) atoms. The quantitative estimate of drug-likeness (QED) is 0.304. The molecule has 8 heteroatoms. The lowest BCUT2D eigenvalue weighted by Crippen LogP contribution is -2.40. The molecular formula is C32H44F4N2O2. The van der Waals surface area contributed by atoms with Crippen molar-refractivity contribution in [3.8, 4) is 0 Å². The smallest absolute Gasteiger partial charge is 0.306 e. The average Bonchev–Trinajstić information content (AvgIpc) is 3.35. The summed E-state index contributed by atoms with van der Waals surface area (Å²) < 4.78 is 57.9. The summed E-state index contributed by atoms with van der Waals surface area (Å²) in [6.45, 7) is 11.7. The van der Waals surface area contributed by atoms with Crippen molar-refractivity contribution in [2.24, 2.45) is 5.92 Å². The number of carboxylic acid groups (broad SMARTS) is 1. The molecule has 1 unspecified atom stereocenters. The second-order valence-corrected chi connectivity index (χ2v) is 9.39. The van der Waals surface area contributed by atoms with Gasteiger partial charge in [0, 0.05) is 28.7 Å². The molecule has 0 saturated heterocycles. The highest BCUT2D eigenvalue weighted by molar-refractivity contribution is 5.85. The number of carboxylic acids is 1. The highest BCUT2D eigenvalue weighted by atomic mass is 19.3. The number of carbonyl (C=O) groups is 1. The molecule has 1 aliphatic heterocycles. The summed E-state index contributed by atoms with van der Waals surface area (Å²) in [4.78, 5) is 15.9. The molecule has 1 fully saturated rings. The number of nitrogens with zero attached hydrogens (tertiary/aromatic N) is 1. The van der Waals surface area contributed by atoms with Gasteiger partial charge in [-0.25, -0.2) is 17.6 Å². The lowest BCUT2D eigenvalue weighted by atomic mass is 9.78. The van der Waals surface area contributed by atoms with Gasteiger partial charge in [-0.2, -0.15) is 0 Å². The molecule has 1 atom stereocenters. The van der Waals surface area contributed by atoms with E-state index in [1.165, 1.54) is 17.0 Å². The lowest BCUT2D eigenvalue weighted by molar-refractivity contribution is -0.142. The number of halogens is 4. The molecular weight excluding hydrogens is 520 g/mol. The van der Waals surface area contributed by atoms with Crippen molar-refractivity contribution in [3.05, 3.63) is 70.4 Å². The van der Waals surface area contributed by atoms with E-state index in [0.29, 0.717) is 43.4 Å². The fraction of sp³-hybridized carbons (Fsp3) is 0.531. The monoisotopic (exact) mass is 564 g/mol. The molecule has 0 bridgehead atoms. The third-order valence-corrected chi connectivity index (χ3v) is 7.43. The van der Waals surface area contributed by atoms with Crippen molar-refractivity contribution in [2.45, 2.75) is 92.0 Å². The Morgan fingerprint density at radius 2 is 1.55 bits per heavy atom. The molecule has 2 aromatic carbocycles. The summed E-state index contributed by atoms with van der Waals surface area (Å²) in [6.07, 6.45) is -0.104. The van der Waals surface area contributed by atoms with Gasteiger partial charge in [0.2, 0.25) is 0 Å². The third kappa shape index (κ3) is 7.25. The summed E-state index contributed by atoms with van der Waals surface area (Å²) in [5.74, 6) is -2.90. The SMILES string of the molecule is CC.CC.CC.O=C(O)C1CCC(c2cc(F)c(C3c4[nH]c5ccccc5c4CCN3CC(F)F)c(F)c2)CC1. The summed E-state index contributed by atoms with van der Waals surface area (Å²) in [6, 6.07) is 9.15. The molecule has 0 radical (unpaired) electrons. The van der Waals surface area contributed by atoms with Crippen LogP contribution in [0.3, 0.4) is 0 Å². The molecule has 1 saturated carbocycles. The highest BCUT2D eigenvalue weighted by Gasteiger charge is 2.37. The molecule has 2 heterocycles. The van der Waals surface area contributed by atoms with Gasteiger partial charge >= 0.3 is 5.97 Å². The molecule has 5 rings (SSSR count). The van der Waals surface area contributed by atoms with Crippen molar-refractivity contribution in [3.63, 3.8) is 0 Å². The zero-order chi connectivity index (χ0) is 30.0. The Labute approximate surface area is 235 Å². The number of aliphatic carboxylic acids is 1. The highest BCUT2D eigenvalue weighted by Crippen LogP contribution is 2.42. The first-order chi connectivity index (χ1) is 19.3. The van der Waals surface area contributed by atoms with Crippen LogP contribution in [0.25, 0.3) is 10.9 Å². The second kappa shape index (κ2) is 15.8. The van der Waals surface area contributed by atoms with Crippen LogP contribution < -0.4 is 0 Å². The standard InChI is InChI=1S/C26H26F4N2O2.3C2H6/c27-19-11-16(14-5-7-15(8-6-14)26(33)34)12-20(28)23(19)25-24-18(9-10-32(25)13-22(29)30)17-3-1-2-4-21(17)31-24;3*1-2/h1-4,11-12,14-15,22,25,31H,5-10,13H2,(H,33,34);3*1-2H3. The lowest BCUT2D eigenvalue weighted by Gasteiger charge is -2.36. The van der Waals surface area contributed by atoms with Gasteiger partial charge < -0.3 is 10.1 Å². The molecule has 222 valence electrons. The minimum Gasteiger partial charge on any atom is -0.481 e. The molecule has 1 aliphatic carbocycles. The molecule has 0 spiro atoms. The van der Waals surface area contributed by atoms with Gasteiger partial charge in [0.1, 0.15) is 11.6 Å². The Balaban J connectivity index is 0.000000876. The van der Waals surface area contributed by atoms with Gasteiger partial charge in [0.15, 0.2) is 0 Å². The molecule has 1 aromatic heterocycles. The number of aromatic amines is 1. The van der Waals surface area contributed by atoms with E-state index < -0.39 is 42.5 Å². The van der Waals surface area contributed by atoms with E-state index in [1.807, 2.05) is 65.8 Å². The Hall–Kier alpha value is -2.87. The van der Waals surface area contributed by atoms with Crippen LogP contribution in [-0.2, 0) is 11.2 Å².